The second-order valence-electron chi connectivity index (χ2n) is 5.19. The van der Waals surface area contributed by atoms with Crippen LogP contribution in [-0.2, 0) is 0 Å². The molecule has 1 aliphatic heterocycles. The van der Waals surface area contributed by atoms with Crippen LogP contribution in [0.15, 0.2) is 36.7 Å². The maximum absolute atomic E-state index is 13.9. The highest BCUT2D eigenvalue weighted by molar-refractivity contribution is 7.99. The quantitative estimate of drug-likeness (QED) is 0.850. The van der Waals surface area contributed by atoms with Gasteiger partial charge in [0.2, 0.25) is 0 Å². The highest BCUT2D eigenvalue weighted by atomic mass is 32.2. The van der Waals surface area contributed by atoms with E-state index in [9.17, 15) is 9.18 Å². The molecule has 1 aromatic heterocycles. The molecule has 0 bridgehead atoms. The Morgan fingerprint density at radius 2 is 2.08 bits per heavy atom. The van der Waals surface area contributed by atoms with Crippen molar-refractivity contribution in [2.75, 3.05) is 26.5 Å². The summed E-state index contributed by atoms with van der Waals surface area (Å²) in [7, 11) is 3.14. The summed E-state index contributed by atoms with van der Waals surface area (Å²) in [5, 5.41) is -0.190. The molecule has 1 saturated heterocycles. The highest BCUT2D eigenvalue weighted by Crippen LogP contribution is 2.41. The Balaban J connectivity index is 1.91. The fourth-order valence-corrected chi connectivity index (χ4v) is 3.91. The van der Waals surface area contributed by atoms with Crippen molar-refractivity contribution in [3.8, 4) is 11.5 Å². The van der Waals surface area contributed by atoms with E-state index in [1.54, 1.807) is 30.9 Å². The first kappa shape index (κ1) is 16.6. The van der Waals surface area contributed by atoms with Crippen molar-refractivity contribution in [2.24, 2.45) is 0 Å². The van der Waals surface area contributed by atoms with Gasteiger partial charge in [-0.05, 0) is 23.8 Å². The van der Waals surface area contributed by atoms with E-state index in [1.165, 1.54) is 12.3 Å². The molecule has 2 aromatic rings. The zero-order valence-corrected chi connectivity index (χ0v) is 14.2. The van der Waals surface area contributed by atoms with Crippen molar-refractivity contribution in [3.63, 3.8) is 0 Å². The molecule has 1 atom stereocenters. The number of hydrogen-bond acceptors (Lipinski definition) is 5. The normalized spacial score (nSPS) is 17.0. The predicted molar refractivity (Wildman–Crippen MR) is 90.0 cm³/mol. The second-order valence-corrected chi connectivity index (χ2v) is 6.38. The lowest BCUT2D eigenvalue weighted by Crippen LogP contribution is -2.31. The van der Waals surface area contributed by atoms with Crippen LogP contribution in [0.3, 0.4) is 0 Å². The number of hydrogen-bond donors (Lipinski definition) is 0. The zero-order chi connectivity index (χ0) is 17.1. The number of aromatic nitrogens is 1. The van der Waals surface area contributed by atoms with E-state index >= 15 is 0 Å². The number of thioether (sulfide) groups is 1. The topological polar surface area (TPSA) is 51.7 Å². The number of pyridine rings is 1. The van der Waals surface area contributed by atoms with Gasteiger partial charge in [0.1, 0.15) is 5.37 Å². The van der Waals surface area contributed by atoms with E-state index < -0.39 is 5.82 Å². The van der Waals surface area contributed by atoms with Gasteiger partial charge in [-0.3, -0.25) is 9.78 Å². The fraction of sp³-hybridized carbons (Fsp3) is 0.294. The first-order valence-corrected chi connectivity index (χ1v) is 8.44. The third kappa shape index (κ3) is 3.03. The first-order chi connectivity index (χ1) is 11.7. The van der Waals surface area contributed by atoms with Gasteiger partial charge in [-0.15, -0.1) is 11.8 Å². The SMILES string of the molecule is COc1ccc(C2SCCN2C(=O)c2ccncc2F)cc1OC. The Morgan fingerprint density at radius 3 is 2.79 bits per heavy atom. The molecule has 1 aliphatic rings. The highest BCUT2D eigenvalue weighted by Gasteiger charge is 2.32. The molecular weight excluding hydrogens is 331 g/mol. The van der Waals surface area contributed by atoms with Gasteiger partial charge >= 0.3 is 0 Å². The third-order valence-electron chi connectivity index (χ3n) is 3.85. The van der Waals surface area contributed by atoms with Crippen LogP contribution in [0.5, 0.6) is 11.5 Å². The van der Waals surface area contributed by atoms with Crippen LogP contribution in [0.1, 0.15) is 21.3 Å². The number of rotatable bonds is 4. The van der Waals surface area contributed by atoms with Gasteiger partial charge in [0, 0.05) is 18.5 Å². The van der Waals surface area contributed by atoms with E-state index in [-0.39, 0.29) is 16.8 Å². The number of benzene rings is 1. The Kier molecular flexibility index (Phi) is 4.89. The number of carbonyl (C=O) groups is 1. The number of amides is 1. The minimum Gasteiger partial charge on any atom is -0.493 e. The molecule has 1 aromatic carbocycles. The van der Waals surface area contributed by atoms with Crippen LogP contribution in [0.4, 0.5) is 4.39 Å². The molecule has 0 radical (unpaired) electrons. The van der Waals surface area contributed by atoms with Gasteiger partial charge in [-0.1, -0.05) is 6.07 Å². The molecule has 1 amide bonds. The lowest BCUT2D eigenvalue weighted by Gasteiger charge is -2.25. The van der Waals surface area contributed by atoms with Gasteiger partial charge in [0.15, 0.2) is 17.3 Å². The lowest BCUT2D eigenvalue weighted by molar-refractivity contribution is 0.0755. The number of nitrogens with zero attached hydrogens (tertiary/aromatic N) is 2. The zero-order valence-electron chi connectivity index (χ0n) is 13.4. The predicted octanol–water partition coefficient (Wildman–Crippen LogP) is 3.13. The number of carbonyl (C=O) groups excluding carboxylic acids is 1. The van der Waals surface area contributed by atoms with Gasteiger partial charge in [0.25, 0.3) is 5.91 Å². The summed E-state index contributed by atoms with van der Waals surface area (Å²) in [4.78, 5) is 18.1. The van der Waals surface area contributed by atoms with Gasteiger partial charge in [0.05, 0.1) is 26.0 Å². The Morgan fingerprint density at radius 1 is 1.29 bits per heavy atom. The van der Waals surface area contributed by atoms with Crippen LogP contribution in [-0.4, -0.2) is 42.3 Å². The fourth-order valence-electron chi connectivity index (χ4n) is 2.66. The van der Waals surface area contributed by atoms with Gasteiger partial charge in [-0.25, -0.2) is 4.39 Å². The molecular formula is C17H17FN2O3S. The van der Waals surface area contributed by atoms with E-state index in [1.807, 2.05) is 18.2 Å². The van der Waals surface area contributed by atoms with E-state index in [0.29, 0.717) is 18.0 Å². The second kappa shape index (κ2) is 7.09. The summed E-state index contributed by atoms with van der Waals surface area (Å²) in [6.45, 7) is 0.560. The summed E-state index contributed by atoms with van der Waals surface area (Å²) < 4.78 is 24.5. The first-order valence-electron chi connectivity index (χ1n) is 7.39. The van der Waals surface area contributed by atoms with Crippen molar-refractivity contribution in [1.29, 1.82) is 0 Å². The molecule has 3 rings (SSSR count). The number of halogens is 1. The molecule has 0 spiro atoms. The minimum absolute atomic E-state index is 0.0398. The molecule has 0 aliphatic carbocycles. The average molecular weight is 348 g/mol. The van der Waals surface area contributed by atoms with Crippen molar-refractivity contribution in [1.82, 2.24) is 9.88 Å². The van der Waals surface area contributed by atoms with E-state index in [2.05, 4.69) is 4.98 Å². The smallest absolute Gasteiger partial charge is 0.258 e. The maximum Gasteiger partial charge on any atom is 0.258 e. The minimum atomic E-state index is -0.606. The lowest BCUT2D eigenvalue weighted by atomic mass is 10.1. The largest absolute Gasteiger partial charge is 0.493 e. The Bertz CT molecular complexity index is 756. The summed E-state index contributed by atoms with van der Waals surface area (Å²) in [5.41, 5.74) is 0.955. The molecule has 0 saturated carbocycles. The van der Waals surface area contributed by atoms with Crippen molar-refractivity contribution in [2.45, 2.75) is 5.37 Å². The molecule has 5 nitrogen and oxygen atoms in total. The maximum atomic E-state index is 13.9. The summed E-state index contributed by atoms with van der Waals surface area (Å²) in [6.07, 6.45) is 2.48. The van der Waals surface area contributed by atoms with Crippen LogP contribution >= 0.6 is 11.8 Å². The van der Waals surface area contributed by atoms with Crippen LogP contribution in [0.25, 0.3) is 0 Å². The Labute approximate surface area is 143 Å². The molecule has 0 N–H and O–H groups in total. The summed E-state index contributed by atoms with van der Waals surface area (Å²) >= 11 is 1.64. The van der Waals surface area contributed by atoms with Crippen molar-refractivity contribution in [3.05, 3.63) is 53.6 Å². The summed E-state index contributed by atoms with van der Waals surface area (Å²) in [6, 6.07) is 6.97. The molecule has 1 fully saturated rings. The average Bonchev–Trinajstić information content (AvgIpc) is 3.10. The van der Waals surface area contributed by atoms with Crippen molar-refractivity contribution >= 4 is 17.7 Å². The number of methoxy groups -OCH3 is 2. The monoisotopic (exact) mass is 348 g/mol. The molecule has 7 heteroatoms. The Hall–Kier alpha value is -2.28. The van der Waals surface area contributed by atoms with Gasteiger partial charge in [-0.2, -0.15) is 0 Å². The summed E-state index contributed by atoms with van der Waals surface area (Å²) in [5.74, 6) is 1.08. The van der Waals surface area contributed by atoms with E-state index in [0.717, 1.165) is 17.5 Å². The van der Waals surface area contributed by atoms with Gasteiger partial charge < -0.3 is 14.4 Å². The van der Waals surface area contributed by atoms with E-state index in [4.69, 9.17) is 9.47 Å². The molecule has 1 unspecified atom stereocenters. The number of ether oxygens (including phenoxy) is 2. The van der Waals surface area contributed by atoms with Crippen LogP contribution in [0.2, 0.25) is 0 Å². The standard InChI is InChI=1S/C17H17FN2O3S/c1-22-14-4-3-11(9-15(14)23-2)17-20(7-8-24-17)16(21)12-5-6-19-10-13(12)18/h3-6,9-10,17H,7-8H2,1-2H3. The van der Waals surface area contributed by atoms with Crippen LogP contribution in [0, 0.1) is 5.82 Å². The molecule has 126 valence electrons. The molecule has 24 heavy (non-hydrogen) atoms. The molecule has 2 heterocycles. The van der Waals surface area contributed by atoms with Crippen LogP contribution < -0.4 is 9.47 Å². The third-order valence-corrected chi connectivity index (χ3v) is 5.11. The van der Waals surface area contributed by atoms with Crippen molar-refractivity contribution < 1.29 is 18.7 Å².